The molecule has 1 saturated heterocycles. The number of halogens is 1. The highest BCUT2D eigenvalue weighted by molar-refractivity contribution is 5.80. The van der Waals surface area contributed by atoms with E-state index in [2.05, 4.69) is 32.3 Å². The van der Waals surface area contributed by atoms with Gasteiger partial charge in [-0.05, 0) is 83.6 Å². The molecule has 1 N–H and O–H groups in total. The molecule has 176 valence electrons. The third-order valence-corrected chi connectivity index (χ3v) is 6.61. The number of methoxy groups -OCH3 is 1. The molecule has 1 fully saturated rings. The summed E-state index contributed by atoms with van der Waals surface area (Å²) in [7, 11) is 1.60. The Labute approximate surface area is 196 Å². The van der Waals surface area contributed by atoms with E-state index in [1.165, 1.54) is 12.1 Å². The molecule has 0 radical (unpaired) electrons. The quantitative estimate of drug-likeness (QED) is 0.472. The average molecular weight is 463 g/mol. The molecule has 34 heavy (non-hydrogen) atoms. The summed E-state index contributed by atoms with van der Waals surface area (Å²) in [5, 5.41) is 13.4. The van der Waals surface area contributed by atoms with Gasteiger partial charge in [0.05, 0.1) is 19.2 Å². The number of pyridine rings is 1. The standard InChI is InChI=1S/C25H27FN6O2/c1-16-9-11-31(12-10-16)23(21-13-18-5-8-20(34-2)14-22(18)27-25(21)33)24-28-29-30-32(24)15-17-3-6-19(26)7-4-17/h3-8,13-14,16,23H,9-12,15H2,1-2H3,(H,27,33). The molecule has 1 aliphatic rings. The second-order valence-electron chi connectivity index (χ2n) is 8.95. The lowest BCUT2D eigenvalue weighted by Crippen LogP contribution is -2.40. The minimum absolute atomic E-state index is 0.180. The Morgan fingerprint density at radius 2 is 1.91 bits per heavy atom. The number of H-pyrrole nitrogens is 1. The van der Waals surface area contributed by atoms with Crippen molar-refractivity contribution >= 4 is 10.9 Å². The number of piperidine rings is 1. The van der Waals surface area contributed by atoms with Gasteiger partial charge in [-0.15, -0.1) is 5.10 Å². The van der Waals surface area contributed by atoms with Gasteiger partial charge in [-0.3, -0.25) is 9.69 Å². The molecule has 8 nitrogen and oxygen atoms in total. The van der Waals surface area contributed by atoms with Crippen molar-refractivity contribution in [3.8, 4) is 5.75 Å². The van der Waals surface area contributed by atoms with Crippen LogP contribution < -0.4 is 10.3 Å². The number of benzene rings is 2. The zero-order valence-electron chi connectivity index (χ0n) is 19.2. The van der Waals surface area contributed by atoms with Crippen LogP contribution in [0.2, 0.25) is 0 Å². The molecule has 4 aromatic rings. The fraction of sp³-hybridized carbons (Fsp3) is 0.360. The van der Waals surface area contributed by atoms with E-state index in [4.69, 9.17) is 4.74 Å². The molecule has 2 aromatic carbocycles. The first-order chi connectivity index (χ1) is 16.5. The highest BCUT2D eigenvalue weighted by Crippen LogP contribution is 2.31. The van der Waals surface area contributed by atoms with Gasteiger partial charge in [0.2, 0.25) is 0 Å². The van der Waals surface area contributed by atoms with Gasteiger partial charge in [0.15, 0.2) is 5.82 Å². The Morgan fingerprint density at radius 3 is 2.65 bits per heavy atom. The molecule has 1 atom stereocenters. The smallest absolute Gasteiger partial charge is 0.253 e. The van der Waals surface area contributed by atoms with E-state index >= 15 is 0 Å². The van der Waals surface area contributed by atoms with Gasteiger partial charge in [-0.1, -0.05) is 19.1 Å². The maximum absolute atomic E-state index is 13.4. The summed E-state index contributed by atoms with van der Waals surface area (Å²) in [6.45, 7) is 4.32. The number of aromatic nitrogens is 5. The zero-order valence-corrected chi connectivity index (χ0v) is 19.2. The number of tetrazole rings is 1. The van der Waals surface area contributed by atoms with Gasteiger partial charge in [-0.25, -0.2) is 9.07 Å². The first kappa shape index (κ1) is 22.2. The van der Waals surface area contributed by atoms with E-state index in [1.807, 2.05) is 24.3 Å². The lowest BCUT2D eigenvalue weighted by molar-refractivity contribution is 0.149. The Hall–Kier alpha value is -3.59. The number of hydrogen-bond acceptors (Lipinski definition) is 6. The molecule has 0 amide bonds. The summed E-state index contributed by atoms with van der Waals surface area (Å²) in [4.78, 5) is 18.6. The summed E-state index contributed by atoms with van der Waals surface area (Å²) in [6.07, 6.45) is 2.08. The van der Waals surface area contributed by atoms with E-state index in [-0.39, 0.29) is 11.4 Å². The van der Waals surface area contributed by atoms with Crippen molar-refractivity contribution < 1.29 is 9.13 Å². The van der Waals surface area contributed by atoms with Crippen LogP contribution in [0.5, 0.6) is 5.75 Å². The molecular formula is C25H27FN6O2. The molecule has 2 aromatic heterocycles. The van der Waals surface area contributed by atoms with Crippen LogP contribution in [0.4, 0.5) is 4.39 Å². The van der Waals surface area contributed by atoms with Crippen molar-refractivity contribution in [1.29, 1.82) is 0 Å². The Kier molecular flexibility index (Phi) is 6.10. The molecular weight excluding hydrogens is 435 g/mol. The van der Waals surface area contributed by atoms with Gasteiger partial charge >= 0.3 is 0 Å². The first-order valence-corrected chi connectivity index (χ1v) is 11.5. The van der Waals surface area contributed by atoms with Crippen molar-refractivity contribution in [3.63, 3.8) is 0 Å². The van der Waals surface area contributed by atoms with Crippen molar-refractivity contribution in [1.82, 2.24) is 30.1 Å². The fourth-order valence-electron chi connectivity index (χ4n) is 4.60. The molecule has 9 heteroatoms. The number of aromatic amines is 1. The predicted molar refractivity (Wildman–Crippen MR) is 126 cm³/mol. The molecule has 3 heterocycles. The maximum atomic E-state index is 13.4. The molecule has 5 rings (SSSR count). The number of fused-ring (bicyclic) bond motifs is 1. The van der Waals surface area contributed by atoms with Crippen molar-refractivity contribution in [3.05, 3.63) is 81.7 Å². The molecule has 0 saturated carbocycles. The molecule has 0 bridgehead atoms. The van der Waals surface area contributed by atoms with Crippen LogP contribution in [0.15, 0.2) is 53.3 Å². The van der Waals surface area contributed by atoms with Crippen LogP contribution in [0, 0.1) is 11.7 Å². The van der Waals surface area contributed by atoms with E-state index in [9.17, 15) is 9.18 Å². The van der Waals surface area contributed by atoms with Crippen LogP contribution in [0.1, 0.15) is 42.8 Å². The van der Waals surface area contributed by atoms with Gasteiger partial charge in [-0.2, -0.15) is 0 Å². The number of ether oxygens (including phenoxy) is 1. The Bertz CT molecular complexity index is 1340. The maximum Gasteiger partial charge on any atom is 0.253 e. The van der Waals surface area contributed by atoms with Gasteiger partial charge in [0.25, 0.3) is 5.56 Å². The topological polar surface area (TPSA) is 88.9 Å². The molecule has 1 aliphatic heterocycles. The summed E-state index contributed by atoms with van der Waals surface area (Å²) < 4.78 is 20.4. The van der Waals surface area contributed by atoms with Crippen LogP contribution >= 0.6 is 0 Å². The van der Waals surface area contributed by atoms with E-state index in [1.54, 1.807) is 23.9 Å². The second kappa shape index (κ2) is 9.34. The zero-order chi connectivity index (χ0) is 23.7. The van der Waals surface area contributed by atoms with E-state index in [0.717, 1.165) is 36.9 Å². The lowest BCUT2D eigenvalue weighted by Gasteiger charge is -2.35. The third kappa shape index (κ3) is 4.43. The Morgan fingerprint density at radius 1 is 1.15 bits per heavy atom. The fourth-order valence-corrected chi connectivity index (χ4v) is 4.60. The number of likely N-dealkylation sites (tertiary alicyclic amines) is 1. The second-order valence-corrected chi connectivity index (χ2v) is 8.95. The molecule has 1 unspecified atom stereocenters. The highest BCUT2D eigenvalue weighted by Gasteiger charge is 2.32. The van der Waals surface area contributed by atoms with Crippen molar-refractivity contribution in [2.45, 2.75) is 32.4 Å². The molecule has 0 spiro atoms. The number of nitrogens with one attached hydrogen (secondary N) is 1. The summed E-state index contributed by atoms with van der Waals surface area (Å²) in [5.41, 5.74) is 2.01. The summed E-state index contributed by atoms with van der Waals surface area (Å²) >= 11 is 0. The predicted octanol–water partition coefficient (Wildman–Crippen LogP) is 3.53. The number of hydrogen-bond donors (Lipinski definition) is 1. The van der Waals surface area contributed by atoms with E-state index in [0.29, 0.717) is 35.1 Å². The van der Waals surface area contributed by atoms with Crippen LogP contribution in [-0.4, -0.2) is 50.3 Å². The van der Waals surface area contributed by atoms with Crippen molar-refractivity contribution in [2.75, 3.05) is 20.2 Å². The first-order valence-electron chi connectivity index (χ1n) is 11.5. The Balaban J connectivity index is 1.59. The normalized spacial score (nSPS) is 16.1. The van der Waals surface area contributed by atoms with Gasteiger partial charge < -0.3 is 9.72 Å². The average Bonchev–Trinajstić information content (AvgIpc) is 3.29. The minimum Gasteiger partial charge on any atom is -0.497 e. The van der Waals surface area contributed by atoms with Crippen LogP contribution in [0.25, 0.3) is 10.9 Å². The van der Waals surface area contributed by atoms with Gasteiger partial charge in [0.1, 0.15) is 17.6 Å². The van der Waals surface area contributed by atoms with Crippen molar-refractivity contribution in [2.24, 2.45) is 5.92 Å². The minimum atomic E-state index is -0.404. The molecule has 0 aliphatic carbocycles. The highest BCUT2D eigenvalue weighted by atomic mass is 19.1. The summed E-state index contributed by atoms with van der Waals surface area (Å²) in [6, 6.07) is 13.4. The van der Waals surface area contributed by atoms with E-state index < -0.39 is 6.04 Å². The van der Waals surface area contributed by atoms with Gasteiger partial charge in [0, 0.05) is 11.6 Å². The largest absolute Gasteiger partial charge is 0.497 e. The number of rotatable bonds is 6. The SMILES string of the molecule is COc1ccc2cc(C(c3nnnn3Cc3ccc(F)cc3)N3CCC(C)CC3)c(=O)[nH]c2c1. The van der Waals surface area contributed by atoms with Crippen LogP contribution in [0.3, 0.4) is 0 Å². The monoisotopic (exact) mass is 462 g/mol. The lowest BCUT2D eigenvalue weighted by atomic mass is 9.95. The van der Waals surface area contributed by atoms with Crippen LogP contribution in [-0.2, 0) is 6.54 Å². The summed E-state index contributed by atoms with van der Waals surface area (Å²) in [5.74, 6) is 1.62. The number of nitrogens with zero attached hydrogens (tertiary/aromatic N) is 5. The third-order valence-electron chi connectivity index (χ3n) is 6.61.